The van der Waals surface area contributed by atoms with Crippen molar-refractivity contribution < 1.29 is 0 Å². The minimum atomic E-state index is 0.726. The van der Waals surface area contributed by atoms with Gasteiger partial charge in [0, 0.05) is 19.1 Å². The maximum atomic E-state index is 3.56. The molecule has 2 heterocycles. The molecular formula is C12H20N2S. The zero-order valence-electron chi connectivity index (χ0n) is 9.41. The van der Waals surface area contributed by atoms with Crippen LogP contribution >= 0.6 is 11.3 Å². The van der Waals surface area contributed by atoms with Gasteiger partial charge in [0.15, 0.2) is 0 Å². The SMILES string of the molecule is CCN(Cc1ccsc1)CC1CCCN1. The molecule has 2 rings (SSSR count). The fourth-order valence-electron chi connectivity index (χ4n) is 2.17. The molecule has 3 heteroatoms. The first kappa shape index (κ1) is 11.1. The van der Waals surface area contributed by atoms with E-state index in [2.05, 4.69) is 34.0 Å². The molecule has 0 spiro atoms. The van der Waals surface area contributed by atoms with Crippen molar-refractivity contribution in [1.82, 2.24) is 10.2 Å². The number of nitrogens with one attached hydrogen (secondary N) is 1. The molecule has 0 amide bonds. The molecular weight excluding hydrogens is 204 g/mol. The lowest BCUT2D eigenvalue weighted by molar-refractivity contribution is 0.254. The van der Waals surface area contributed by atoms with Crippen molar-refractivity contribution in [2.75, 3.05) is 19.6 Å². The van der Waals surface area contributed by atoms with Crippen LogP contribution in [0.3, 0.4) is 0 Å². The first-order valence-corrected chi connectivity index (χ1v) is 6.79. The summed E-state index contributed by atoms with van der Waals surface area (Å²) in [7, 11) is 0. The van der Waals surface area contributed by atoms with Crippen LogP contribution in [0.25, 0.3) is 0 Å². The zero-order chi connectivity index (χ0) is 10.5. The van der Waals surface area contributed by atoms with Gasteiger partial charge in [-0.3, -0.25) is 4.90 Å². The lowest BCUT2D eigenvalue weighted by Gasteiger charge is -2.23. The standard InChI is InChI=1S/C12H20N2S/c1-2-14(8-11-5-7-15-10-11)9-12-4-3-6-13-12/h5,7,10,12-13H,2-4,6,8-9H2,1H3. The van der Waals surface area contributed by atoms with Crippen molar-refractivity contribution in [1.29, 1.82) is 0 Å². The summed E-state index contributed by atoms with van der Waals surface area (Å²) in [4.78, 5) is 2.53. The molecule has 2 nitrogen and oxygen atoms in total. The average Bonchev–Trinajstić information content (AvgIpc) is 2.89. The summed E-state index contributed by atoms with van der Waals surface area (Å²) in [6, 6.07) is 2.96. The fraction of sp³-hybridized carbons (Fsp3) is 0.667. The molecule has 1 N–H and O–H groups in total. The monoisotopic (exact) mass is 224 g/mol. The number of hydrogen-bond donors (Lipinski definition) is 1. The summed E-state index contributed by atoms with van der Waals surface area (Å²) >= 11 is 1.79. The van der Waals surface area contributed by atoms with Crippen molar-refractivity contribution >= 4 is 11.3 Å². The Kier molecular flexibility index (Phi) is 4.18. The molecule has 0 aromatic carbocycles. The van der Waals surface area contributed by atoms with E-state index in [0.29, 0.717) is 0 Å². The first-order valence-electron chi connectivity index (χ1n) is 5.85. The molecule has 0 aliphatic carbocycles. The topological polar surface area (TPSA) is 15.3 Å². The largest absolute Gasteiger partial charge is 0.313 e. The summed E-state index contributed by atoms with van der Waals surface area (Å²) in [6.45, 7) is 6.92. The molecule has 1 aromatic heterocycles. The number of rotatable bonds is 5. The van der Waals surface area contributed by atoms with Gasteiger partial charge in [-0.05, 0) is 48.3 Å². The van der Waals surface area contributed by atoms with Crippen molar-refractivity contribution in [3.05, 3.63) is 22.4 Å². The maximum absolute atomic E-state index is 3.56. The molecule has 0 radical (unpaired) electrons. The summed E-state index contributed by atoms with van der Waals surface area (Å²) in [5, 5.41) is 7.98. The highest BCUT2D eigenvalue weighted by Crippen LogP contribution is 2.12. The normalized spacial score (nSPS) is 21.3. The van der Waals surface area contributed by atoms with Gasteiger partial charge >= 0.3 is 0 Å². The molecule has 0 saturated carbocycles. The van der Waals surface area contributed by atoms with Crippen LogP contribution in [-0.2, 0) is 6.54 Å². The Morgan fingerprint density at radius 3 is 3.13 bits per heavy atom. The third-order valence-electron chi connectivity index (χ3n) is 3.07. The lowest BCUT2D eigenvalue weighted by atomic mass is 10.2. The summed E-state index contributed by atoms with van der Waals surface area (Å²) in [6.07, 6.45) is 2.70. The van der Waals surface area contributed by atoms with Crippen LogP contribution in [0, 0.1) is 0 Å². The van der Waals surface area contributed by atoms with Crippen LogP contribution in [0.5, 0.6) is 0 Å². The van der Waals surface area contributed by atoms with Gasteiger partial charge < -0.3 is 5.32 Å². The summed E-state index contributed by atoms with van der Waals surface area (Å²) in [5.41, 5.74) is 1.46. The molecule has 84 valence electrons. The summed E-state index contributed by atoms with van der Waals surface area (Å²) < 4.78 is 0. The molecule has 1 saturated heterocycles. The fourth-order valence-corrected chi connectivity index (χ4v) is 2.83. The Morgan fingerprint density at radius 1 is 1.60 bits per heavy atom. The minimum absolute atomic E-state index is 0.726. The maximum Gasteiger partial charge on any atom is 0.0242 e. The Bertz CT molecular complexity index is 265. The zero-order valence-corrected chi connectivity index (χ0v) is 10.2. The van der Waals surface area contributed by atoms with E-state index in [-0.39, 0.29) is 0 Å². The van der Waals surface area contributed by atoms with Gasteiger partial charge in [0.25, 0.3) is 0 Å². The Balaban J connectivity index is 1.81. The lowest BCUT2D eigenvalue weighted by Crippen LogP contribution is -2.37. The number of likely N-dealkylation sites (N-methyl/N-ethyl adjacent to an activating group) is 1. The quantitative estimate of drug-likeness (QED) is 0.826. The Morgan fingerprint density at radius 2 is 2.53 bits per heavy atom. The smallest absolute Gasteiger partial charge is 0.0242 e. The average molecular weight is 224 g/mol. The molecule has 15 heavy (non-hydrogen) atoms. The minimum Gasteiger partial charge on any atom is -0.313 e. The molecule has 1 fully saturated rings. The second-order valence-electron chi connectivity index (χ2n) is 4.25. The van der Waals surface area contributed by atoms with Crippen LogP contribution in [0.4, 0.5) is 0 Å². The van der Waals surface area contributed by atoms with Gasteiger partial charge in [0.05, 0.1) is 0 Å². The van der Waals surface area contributed by atoms with Gasteiger partial charge in [-0.1, -0.05) is 6.92 Å². The van der Waals surface area contributed by atoms with E-state index in [1.54, 1.807) is 11.3 Å². The second kappa shape index (κ2) is 5.64. The van der Waals surface area contributed by atoms with Gasteiger partial charge in [-0.25, -0.2) is 0 Å². The number of hydrogen-bond acceptors (Lipinski definition) is 3. The van der Waals surface area contributed by atoms with E-state index >= 15 is 0 Å². The number of thiophene rings is 1. The van der Waals surface area contributed by atoms with Crippen LogP contribution in [0.15, 0.2) is 16.8 Å². The van der Waals surface area contributed by atoms with Crippen LogP contribution < -0.4 is 5.32 Å². The van der Waals surface area contributed by atoms with Crippen molar-refractivity contribution in [3.63, 3.8) is 0 Å². The second-order valence-corrected chi connectivity index (χ2v) is 5.03. The van der Waals surface area contributed by atoms with E-state index in [0.717, 1.165) is 19.1 Å². The van der Waals surface area contributed by atoms with Crippen molar-refractivity contribution in [2.24, 2.45) is 0 Å². The molecule has 1 aliphatic heterocycles. The Hall–Kier alpha value is -0.380. The highest BCUT2D eigenvalue weighted by molar-refractivity contribution is 7.07. The van der Waals surface area contributed by atoms with E-state index in [9.17, 15) is 0 Å². The van der Waals surface area contributed by atoms with Crippen LogP contribution in [0.2, 0.25) is 0 Å². The predicted molar refractivity (Wildman–Crippen MR) is 66.3 cm³/mol. The van der Waals surface area contributed by atoms with Gasteiger partial charge in [-0.15, -0.1) is 0 Å². The molecule has 1 aliphatic rings. The third kappa shape index (κ3) is 3.30. The van der Waals surface area contributed by atoms with E-state index in [4.69, 9.17) is 0 Å². The highest BCUT2D eigenvalue weighted by atomic mass is 32.1. The molecule has 0 bridgehead atoms. The van der Waals surface area contributed by atoms with Gasteiger partial charge in [0.2, 0.25) is 0 Å². The Labute approximate surface area is 96.3 Å². The first-order chi connectivity index (χ1) is 7.38. The third-order valence-corrected chi connectivity index (χ3v) is 3.81. The predicted octanol–water partition coefficient (Wildman–Crippen LogP) is 2.32. The van der Waals surface area contributed by atoms with Crippen molar-refractivity contribution in [3.8, 4) is 0 Å². The van der Waals surface area contributed by atoms with Gasteiger partial charge in [0.1, 0.15) is 0 Å². The van der Waals surface area contributed by atoms with E-state index < -0.39 is 0 Å². The molecule has 1 atom stereocenters. The van der Waals surface area contributed by atoms with E-state index in [1.165, 1.54) is 31.5 Å². The van der Waals surface area contributed by atoms with E-state index in [1.807, 2.05) is 0 Å². The van der Waals surface area contributed by atoms with Gasteiger partial charge in [-0.2, -0.15) is 11.3 Å². The van der Waals surface area contributed by atoms with Crippen LogP contribution in [-0.4, -0.2) is 30.6 Å². The summed E-state index contributed by atoms with van der Waals surface area (Å²) in [5.74, 6) is 0. The van der Waals surface area contributed by atoms with Crippen molar-refractivity contribution in [2.45, 2.75) is 32.4 Å². The van der Waals surface area contributed by atoms with Crippen LogP contribution in [0.1, 0.15) is 25.3 Å². The molecule has 1 unspecified atom stereocenters. The number of nitrogens with zero attached hydrogens (tertiary/aromatic N) is 1. The molecule has 1 aromatic rings. The highest BCUT2D eigenvalue weighted by Gasteiger charge is 2.16.